The van der Waals surface area contributed by atoms with E-state index in [1.165, 1.54) is 0 Å². The van der Waals surface area contributed by atoms with Gasteiger partial charge in [-0.25, -0.2) is 13.2 Å². The summed E-state index contributed by atoms with van der Waals surface area (Å²) in [5.74, 6) is -5.85. The van der Waals surface area contributed by atoms with Crippen LogP contribution in [0.3, 0.4) is 0 Å². The van der Waals surface area contributed by atoms with E-state index in [-0.39, 0.29) is 6.92 Å². The summed E-state index contributed by atoms with van der Waals surface area (Å²) in [6.45, 7) is -0.376. The van der Waals surface area contributed by atoms with Crippen LogP contribution in [-0.4, -0.2) is 18.0 Å². The van der Waals surface area contributed by atoms with E-state index < -0.39 is 35.1 Å². The highest BCUT2D eigenvalue weighted by atomic mass is 19.4. The van der Waals surface area contributed by atoms with Gasteiger partial charge in [-0.15, -0.1) is 0 Å². The second kappa shape index (κ2) is 2.86. The monoisotopic (exact) mass is 258 g/mol. The van der Waals surface area contributed by atoms with Crippen molar-refractivity contribution < 1.29 is 39.5 Å². The lowest BCUT2D eigenvalue weighted by Crippen LogP contribution is -2.67. The van der Waals surface area contributed by atoms with Crippen LogP contribution in [0.15, 0.2) is 11.7 Å². The van der Waals surface area contributed by atoms with Gasteiger partial charge >= 0.3 is 12.4 Å². The van der Waals surface area contributed by atoms with Gasteiger partial charge in [0.05, 0.1) is 0 Å². The SMILES string of the molecule is CC1(C(F)(F)F)C(F)=C(F)C1(F)C(F)(F)F. The Morgan fingerprint density at radius 3 is 1.38 bits per heavy atom. The molecule has 0 aromatic carbocycles. The molecular formula is C7H3F9. The predicted molar refractivity (Wildman–Crippen MR) is 33.3 cm³/mol. The molecule has 0 saturated heterocycles. The third kappa shape index (κ3) is 1.08. The van der Waals surface area contributed by atoms with Gasteiger partial charge in [-0.05, 0) is 6.92 Å². The zero-order valence-electron chi connectivity index (χ0n) is 7.40. The van der Waals surface area contributed by atoms with Crippen LogP contribution in [0.5, 0.6) is 0 Å². The van der Waals surface area contributed by atoms with Crippen molar-refractivity contribution in [1.29, 1.82) is 0 Å². The standard InChI is InChI=1S/C7H3F9/c1-4(6(11,12)13)2(8)3(9)5(4,10)7(14,15)16/h1H3. The lowest BCUT2D eigenvalue weighted by molar-refractivity contribution is -0.341. The first kappa shape index (κ1) is 13.2. The van der Waals surface area contributed by atoms with E-state index in [2.05, 4.69) is 0 Å². The number of hydrogen-bond donors (Lipinski definition) is 0. The van der Waals surface area contributed by atoms with Crippen molar-refractivity contribution in [2.45, 2.75) is 24.9 Å². The molecule has 16 heavy (non-hydrogen) atoms. The summed E-state index contributed by atoms with van der Waals surface area (Å²) in [5.41, 5.74) is -9.88. The van der Waals surface area contributed by atoms with Crippen molar-refractivity contribution in [3.8, 4) is 0 Å². The first-order valence-corrected chi connectivity index (χ1v) is 3.70. The third-order valence-electron chi connectivity index (χ3n) is 2.58. The highest BCUT2D eigenvalue weighted by Gasteiger charge is 2.86. The van der Waals surface area contributed by atoms with Gasteiger partial charge in [-0.1, -0.05) is 0 Å². The zero-order valence-corrected chi connectivity index (χ0v) is 7.40. The maximum absolute atomic E-state index is 13.1. The van der Waals surface area contributed by atoms with Crippen LogP contribution in [0.25, 0.3) is 0 Å². The highest BCUT2D eigenvalue weighted by molar-refractivity contribution is 5.42. The lowest BCUT2D eigenvalue weighted by atomic mass is 9.62. The van der Waals surface area contributed by atoms with Crippen molar-refractivity contribution in [2.75, 3.05) is 0 Å². The van der Waals surface area contributed by atoms with Gasteiger partial charge in [0.25, 0.3) is 5.67 Å². The molecule has 0 aromatic heterocycles. The molecule has 0 N–H and O–H groups in total. The van der Waals surface area contributed by atoms with Crippen LogP contribution < -0.4 is 0 Å². The van der Waals surface area contributed by atoms with Crippen LogP contribution in [0.4, 0.5) is 39.5 Å². The molecule has 1 aliphatic rings. The predicted octanol–water partition coefficient (Wildman–Crippen LogP) is 3.99. The van der Waals surface area contributed by atoms with Gasteiger partial charge < -0.3 is 0 Å². The number of halogens is 9. The summed E-state index contributed by atoms with van der Waals surface area (Å²) < 4.78 is 111. The largest absolute Gasteiger partial charge is 0.430 e. The minimum atomic E-state index is -6.18. The average molecular weight is 258 g/mol. The van der Waals surface area contributed by atoms with Gasteiger partial charge in [0.1, 0.15) is 0 Å². The first-order valence-electron chi connectivity index (χ1n) is 3.70. The molecule has 0 amide bonds. The van der Waals surface area contributed by atoms with Crippen molar-refractivity contribution in [2.24, 2.45) is 5.41 Å². The summed E-state index contributed by atoms with van der Waals surface area (Å²) in [7, 11) is 0. The summed E-state index contributed by atoms with van der Waals surface area (Å²) in [5, 5.41) is 0. The molecule has 0 nitrogen and oxygen atoms in total. The van der Waals surface area contributed by atoms with Gasteiger partial charge in [-0.2, -0.15) is 26.3 Å². The topological polar surface area (TPSA) is 0 Å². The van der Waals surface area contributed by atoms with Crippen LogP contribution in [0, 0.1) is 5.41 Å². The Morgan fingerprint density at radius 1 is 0.812 bits per heavy atom. The number of allylic oxidation sites excluding steroid dienone is 2. The normalized spacial score (nSPS) is 36.4. The zero-order chi connectivity index (χ0) is 13.2. The fourth-order valence-corrected chi connectivity index (χ4v) is 1.41. The quantitative estimate of drug-likeness (QED) is 0.576. The summed E-state index contributed by atoms with van der Waals surface area (Å²) in [6.07, 6.45) is -12.1. The van der Waals surface area contributed by atoms with Crippen molar-refractivity contribution in [1.82, 2.24) is 0 Å². The highest BCUT2D eigenvalue weighted by Crippen LogP contribution is 2.69. The Hall–Kier alpha value is -0.890. The fraction of sp³-hybridized carbons (Fsp3) is 0.714. The third-order valence-corrected chi connectivity index (χ3v) is 2.58. The molecule has 1 rings (SSSR count). The molecule has 0 saturated carbocycles. The summed E-state index contributed by atoms with van der Waals surface area (Å²) in [6, 6.07) is 0. The van der Waals surface area contributed by atoms with E-state index >= 15 is 0 Å². The number of alkyl halides is 7. The van der Waals surface area contributed by atoms with E-state index in [1.54, 1.807) is 0 Å². The molecule has 0 aromatic rings. The molecule has 0 heterocycles. The van der Waals surface area contributed by atoms with Crippen molar-refractivity contribution in [3.63, 3.8) is 0 Å². The Morgan fingerprint density at radius 2 is 1.19 bits per heavy atom. The number of hydrogen-bond acceptors (Lipinski definition) is 0. The maximum atomic E-state index is 13.1. The fourth-order valence-electron chi connectivity index (χ4n) is 1.41. The molecule has 94 valence electrons. The Bertz CT molecular complexity index is 314. The molecule has 0 fully saturated rings. The maximum Gasteiger partial charge on any atom is 0.430 e. The van der Waals surface area contributed by atoms with E-state index in [0.29, 0.717) is 0 Å². The number of rotatable bonds is 0. The molecule has 0 spiro atoms. The van der Waals surface area contributed by atoms with Crippen LogP contribution >= 0.6 is 0 Å². The van der Waals surface area contributed by atoms with Gasteiger partial charge in [0, 0.05) is 0 Å². The van der Waals surface area contributed by atoms with E-state index in [1.807, 2.05) is 0 Å². The van der Waals surface area contributed by atoms with Crippen LogP contribution in [0.1, 0.15) is 6.92 Å². The molecule has 0 aliphatic heterocycles. The summed E-state index contributed by atoms with van der Waals surface area (Å²) in [4.78, 5) is 0. The molecule has 9 heteroatoms. The Balaban J connectivity index is 3.46. The van der Waals surface area contributed by atoms with E-state index in [0.717, 1.165) is 0 Å². The molecule has 0 radical (unpaired) electrons. The van der Waals surface area contributed by atoms with Gasteiger partial charge in [0.15, 0.2) is 17.1 Å². The smallest absolute Gasteiger partial charge is 0.224 e. The second-order valence-electron chi connectivity index (χ2n) is 3.41. The van der Waals surface area contributed by atoms with Crippen LogP contribution in [-0.2, 0) is 0 Å². The Labute approximate surface area is 82.7 Å². The van der Waals surface area contributed by atoms with Crippen molar-refractivity contribution >= 4 is 0 Å². The molecule has 1 aliphatic carbocycles. The van der Waals surface area contributed by atoms with E-state index in [9.17, 15) is 39.5 Å². The average Bonchev–Trinajstić information content (AvgIpc) is 2.09. The van der Waals surface area contributed by atoms with E-state index in [4.69, 9.17) is 0 Å². The lowest BCUT2D eigenvalue weighted by Gasteiger charge is -2.49. The molecule has 2 atom stereocenters. The minimum absolute atomic E-state index is 0.376. The summed E-state index contributed by atoms with van der Waals surface area (Å²) >= 11 is 0. The van der Waals surface area contributed by atoms with Gasteiger partial charge in [-0.3, -0.25) is 0 Å². The second-order valence-corrected chi connectivity index (χ2v) is 3.41. The van der Waals surface area contributed by atoms with Gasteiger partial charge in [0.2, 0.25) is 0 Å². The van der Waals surface area contributed by atoms with Crippen molar-refractivity contribution in [3.05, 3.63) is 11.7 Å². The minimum Gasteiger partial charge on any atom is -0.224 e. The molecule has 2 unspecified atom stereocenters. The first-order chi connectivity index (χ1) is 6.82. The van der Waals surface area contributed by atoms with Crippen LogP contribution in [0.2, 0.25) is 0 Å². The Kier molecular flexibility index (Phi) is 2.36. The molecule has 0 bridgehead atoms. The molecular weight excluding hydrogens is 255 g/mol.